The summed E-state index contributed by atoms with van der Waals surface area (Å²) in [5, 5.41) is 8.29. The van der Waals surface area contributed by atoms with Crippen molar-refractivity contribution < 1.29 is 0 Å². The second-order valence-corrected chi connectivity index (χ2v) is 3.64. The molecule has 0 saturated heterocycles. The molecule has 0 aromatic carbocycles. The van der Waals surface area contributed by atoms with E-state index in [1.165, 1.54) is 17.8 Å². The molecule has 2 N–H and O–H groups in total. The van der Waals surface area contributed by atoms with Gasteiger partial charge < -0.3 is 5.73 Å². The van der Waals surface area contributed by atoms with Gasteiger partial charge in [-0.05, 0) is 38.6 Å². The average molecular weight is 180 g/mol. The summed E-state index contributed by atoms with van der Waals surface area (Å²) < 4.78 is 2.00. The van der Waals surface area contributed by atoms with Gasteiger partial charge in [0.05, 0.1) is 11.4 Å². The number of hydrogen-bond acceptors (Lipinski definition) is 3. The van der Waals surface area contributed by atoms with E-state index in [0.29, 0.717) is 5.92 Å². The van der Waals surface area contributed by atoms with Crippen molar-refractivity contribution in [3.8, 4) is 0 Å². The van der Waals surface area contributed by atoms with Crippen LogP contribution in [0, 0.1) is 5.92 Å². The molecule has 1 heterocycles. The third kappa shape index (κ3) is 1.46. The van der Waals surface area contributed by atoms with Crippen LogP contribution in [0.1, 0.15) is 24.7 Å². The Bertz CT molecular complexity index is 292. The summed E-state index contributed by atoms with van der Waals surface area (Å²) in [6, 6.07) is 0. The number of nitrogens with zero attached hydrogens (tertiary/aromatic N) is 3. The van der Waals surface area contributed by atoms with E-state index in [2.05, 4.69) is 17.2 Å². The highest BCUT2D eigenvalue weighted by atomic mass is 15.4. The Labute approximate surface area is 78.1 Å². The van der Waals surface area contributed by atoms with Gasteiger partial charge in [0.2, 0.25) is 0 Å². The molecule has 1 aromatic rings. The standard InChI is InChI=1S/C9H16N4/c1-2-13-9-4-3-7(6-10)5-8(9)11-12-13/h7H,2-6,10H2,1H3. The number of aromatic nitrogens is 3. The maximum absolute atomic E-state index is 5.64. The van der Waals surface area contributed by atoms with Crippen molar-refractivity contribution >= 4 is 0 Å². The van der Waals surface area contributed by atoms with Crippen LogP contribution in [0.2, 0.25) is 0 Å². The Morgan fingerprint density at radius 2 is 2.46 bits per heavy atom. The fraction of sp³-hybridized carbons (Fsp3) is 0.778. The second kappa shape index (κ2) is 3.46. The third-order valence-electron chi connectivity index (χ3n) is 2.82. The molecule has 72 valence electrons. The Morgan fingerprint density at radius 1 is 1.62 bits per heavy atom. The summed E-state index contributed by atoms with van der Waals surface area (Å²) in [4.78, 5) is 0. The first kappa shape index (κ1) is 8.69. The van der Waals surface area contributed by atoms with Gasteiger partial charge in [-0.3, -0.25) is 0 Å². The van der Waals surface area contributed by atoms with Gasteiger partial charge in [-0.2, -0.15) is 0 Å². The Hall–Kier alpha value is -0.900. The molecule has 1 aromatic heterocycles. The average Bonchev–Trinajstić information content (AvgIpc) is 2.59. The van der Waals surface area contributed by atoms with Crippen LogP contribution >= 0.6 is 0 Å². The topological polar surface area (TPSA) is 56.7 Å². The van der Waals surface area contributed by atoms with Crippen LogP contribution in [0.4, 0.5) is 0 Å². The normalized spacial score (nSPS) is 21.5. The molecule has 0 saturated carbocycles. The predicted octanol–water partition coefficient (Wildman–Crippen LogP) is 0.362. The molecule has 2 rings (SSSR count). The van der Waals surface area contributed by atoms with E-state index in [1.807, 2.05) is 4.68 Å². The number of rotatable bonds is 2. The first-order chi connectivity index (χ1) is 6.35. The van der Waals surface area contributed by atoms with E-state index in [1.54, 1.807) is 0 Å². The van der Waals surface area contributed by atoms with E-state index in [0.717, 1.165) is 25.9 Å². The van der Waals surface area contributed by atoms with Crippen molar-refractivity contribution in [3.63, 3.8) is 0 Å². The van der Waals surface area contributed by atoms with Crippen LogP contribution in [0.5, 0.6) is 0 Å². The number of fused-ring (bicyclic) bond motifs is 1. The van der Waals surface area contributed by atoms with Gasteiger partial charge in [0.25, 0.3) is 0 Å². The van der Waals surface area contributed by atoms with Gasteiger partial charge in [-0.1, -0.05) is 5.21 Å². The van der Waals surface area contributed by atoms with Gasteiger partial charge >= 0.3 is 0 Å². The van der Waals surface area contributed by atoms with Crippen molar-refractivity contribution in [2.75, 3.05) is 6.54 Å². The molecule has 0 radical (unpaired) electrons. The first-order valence-electron chi connectivity index (χ1n) is 4.96. The van der Waals surface area contributed by atoms with Crippen LogP contribution in [0.3, 0.4) is 0 Å². The molecule has 4 nitrogen and oxygen atoms in total. The van der Waals surface area contributed by atoms with Gasteiger partial charge in [0.1, 0.15) is 0 Å². The van der Waals surface area contributed by atoms with Crippen LogP contribution in [0.15, 0.2) is 0 Å². The fourth-order valence-electron chi connectivity index (χ4n) is 1.97. The third-order valence-corrected chi connectivity index (χ3v) is 2.82. The van der Waals surface area contributed by atoms with Crippen molar-refractivity contribution in [3.05, 3.63) is 11.4 Å². The molecule has 0 aliphatic heterocycles. The summed E-state index contributed by atoms with van der Waals surface area (Å²) in [6.07, 6.45) is 3.31. The van der Waals surface area contributed by atoms with E-state index < -0.39 is 0 Å². The lowest BCUT2D eigenvalue weighted by molar-refractivity contribution is 0.451. The molecule has 13 heavy (non-hydrogen) atoms. The summed E-state index contributed by atoms with van der Waals surface area (Å²) >= 11 is 0. The highest BCUT2D eigenvalue weighted by Crippen LogP contribution is 2.22. The summed E-state index contributed by atoms with van der Waals surface area (Å²) in [7, 11) is 0. The maximum Gasteiger partial charge on any atom is 0.0862 e. The lowest BCUT2D eigenvalue weighted by Crippen LogP contribution is -2.23. The molecule has 0 amide bonds. The molecule has 1 atom stereocenters. The van der Waals surface area contributed by atoms with Crippen LogP contribution < -0.4 is 5.73 Å². The van der Waals surface area contributed by atoms with Gasteiger partial charge in [-0.15, -0.1) is 5.10 Å². The monoisotopic (exact) mass is 180 g/mol. The zero-order chi connectivity index (χ0) is 9.26. The first-order valence-corrected chi connectivity index (χ1v) is 4.96. The largest absolute Gasteiger partial charge is 0.330 e. The smallest absolute Gasteiger partial charge is 0.0862 e. The minimum absolute atomic E-state index is 0.620. The van der Waals surface area contributed by atoms with E-state index in [4.69, 9.17) is 5.73 Å². The van der Waals surface area contributed by atoms with Crippen molar-refractivity contribution in [1.29, 1.82) is 0 Å². The molecule has 0 bridgehead atoms. The fourth-order valence-corrected chi connectivity index (χ4v) is 1.97. The second-order valence-electron chi connectivity index (χ2n) is 3.64. The highest BCUT2D eigenvalue weighted by Gasteiger charge is 2.22. The SMILES string of the molecule is CCn1nnc2c1CCC(CN)C2. The van der Waals surface area contributed by atoms with Crippen LogP contribution in [0.25, 0.3) is 0 Å². The Morgan fingerprint density at radius 3 is 3.15 bits per heavy atom. The zero-order valence-electron chi connectivity index (χ0n) is 8.03. The molecule has 1 aliphatic rings. The van der Waals surface area contributed by atoms with Crippen molar-refractivity contribution in [2.24, 2.45) is 11.7 Å². The van der Waals surface area contributed by atoms with Crippen LogP contribution in [-0.4, -0.2) is 21.5 Å². The zero-order valence-corrected chi connectivity index (χ0v) is 8.03. The molecule has 1 aliphatic carbocycles. The molecular weight excluding hydrogens is 164 g/mol. The highest BCUT2D eigenvalue weighted by molar-refractivity contribution is 5.14. The molecule has 1 unspecified atom stereocenters. The van der Waals surface area contributed by atoms with Crippen molar-refractivity contribution in [2.45, 2.75) is 32.7 Å². The van der Waals surface area contributed by atoms with Gasteiger partial charge in [0.15, 0.2) is 0 Å². The van der Waals surface area contributed by atoms with Crippen molar-refractivity contribution in [1.82, 2.24) is 15.0 Å². The quantitative estimate of drug-likeness (QED) is 0.715. The van der Waals surface area contributed by atoms with Gasteiger partial charge in [0, 0.05) is 6.54 Å². The molecular formula is C9H16N4. The Balaban J connectivity index is 2.22. The lowest BCUT2D eigenvalue weighted by atomic mass is 9.90. The van der Waals surface area contributed by atoms with Gasteiger partial charge in [-0.25, -0.2) is 4.68 Å². The molecule has 0 fully saturated rings. The molecule has 0 spiro atoms. The van der Waals surface area contributed by atoms with E-state index in [9.17, 15) is 0 Å². The Kier molecular flexibility index (Phi) is 2.31. The maximum atomic E-state index is 5.64. The summed E-state index contributed by atoms with van der Waals surface area (Å²) in [6.45, 7) is 3.80. The predicted molar refractivity (Wildman–Crippen MR) is 50.3 cm³/mol. The molecule has 4 heteroatoms. The number of hydrogen-bond donors (Lipinski definition) is 1. The van der Waals surface area contributed by atoms with E-state index >= 15 is 0 Å². The van der Waals surface area contributed by atoms with E-state index in [-0.39, 0.29) is 0 Å². The minimum Gasteiger partial charge on any atom is -0.330 e. The van der Waals surface area contributed by atoms with Crippen LogP contribution in [-0.2, 0) is 19.4 Å². The number of nitrogens with two attached hydrogens (primary N) is 1. The summed E-state index contributed by atoms with van der Waals surface area (Å²) in [5.74, 6) is 0.620. The number of aryl methyl sites for hydroxylation is 1. The summed E-state index contributed by atoms with van der Waals surface area (Å²) in [5.41, 5.74) is 8.14. The minimum atomic E-state index is 0.620. The lowest BCUT2D eigenvalue weighted by Gasteiger charge is -2.19.